The van der Waals surface area contributed by atoms with Gasteiger partial charge < -0.3 is 4.74 Å². The first-order chi connectivity index (χ1) is 8.26. The summed E-state index contributed by atoms with van der Waals surface area (Å²) in [5.41, 5.74) is 2.35. The zero-order valence-corrected chi connectivity index (χ0v) is 9.93. The molecule has 0 radical (unpaired) electrons. The smallest absolute Gasteiger partial charge is 0.138 e. The minimum absolute atomic E-state index is 0.183. The molecule has 0 unspecified atom stereocenters. The molecule has 1 aliphatic rings. The van der Waals surface area contributed by atoms with Crippen molar-refractivity contribution in [2.45, 2.75) is 32.3 Å². The van der Waals surface area contributed by atoms with E-state index in [1.807, 2.05) is 12.1 Å². The number of nitrogens with zero attached hydrogens (tertiary/aromatic N) is 2. The molecule has 0 saturated carbocycles. The number of aromatic nitrogens is 2. The van der Waals surface area contributed by atoms with Crippen molar-refractivity contribution in [3.8, 4) is 5.75 Å². The summed E-state index contributed by atoms with van der Waals surface area (Å²) in [6.07, 6.45) is 6.14. The summed E-state index contributed by atoms with van der Waals surface area (Å²) in [7, 11) is 0. The number of benzene rings is 1. The Hall–Kier alpha value is -1.84. The van der Waals surface area contributed by atoms with Crippen molar-refractivity contribution in [1.82, 2.24) is 10.3 Å². The van der Waals surface area contributed by atoms with Gasteiger partial charge in [0, 0.05) is 11.6 Å². The van der Waals surface area contributed by atoms with Gasteiger partial charge in [-0.2, -0.15) is 0 Å². The highest BCUT2D eigenvalue weighted by molar-refractivity contribution is 5.80. The first kappa shape index (κ1) is 10.3. The molecule has 0 N–H and O–H groups in total. The molecule has 2 heterocycles. The van der Waals surface area contributed by atoms with E-state index in [0.717, 1.165) is 35.2 Å². The van der Waals surface area contributed by atoms with E-state index >= 15 is 0 Å². The Kier molecular flexibility index (Phi) is 2.18. The van der Waals surface area contributed by atoms with Crippen LogP contribution in [-0.2, 0) is 0 Å². The van der Waals surface area contributed by atoms with Gasteiger partial charge in [-0.15, -0.1) is 0 Å². The summed E-state index contributed by atoms with van der Waals surface area (Å²) in [6.45, 7) is 4.27. The van der Waals surface area contributed by atoms with E-state index in [1.54, 1.807) is 0 Å². The molecule has 0 bridgehead atoms. The van der Waals surface area contributed by atoms with Gasteiger partial charge in [-0.25, -0.2) is 4.63 Å². The Balaban J connectivity index is 2.12. The van der Waals surface area contributed by atoms with E-state index < -0.39 is 0 Å². The van der Waals surface area contributed by atoms with E-state index in [4.69, 9.17) is 9.37 Å². The Morgan fingerprint density at radius 3 is 2.53 bits per heavy atom. The van der Waals surface area contributed by atoms with Crippen molar-refractivity contribution in [1.29, 1.82) is 0 Å². The van der Waals surface area contributed by atoms with Crippen molar-refractivity contribution in [2.75, 3.05) is 0 Å². The molecule has 2 aromatic rings. The molecular weight excluding hydrogens is 216 g/mol. The Morgan fingerprint density at radius 1 is 1.12 bits per heavy atom. The molecule has 88 valence electrons. The van der Waals surface area contributed by atoms with Crippen molar-refractivity contribution in [3.63, 3.8) is 0 Å². The largest absolute Gasteiger partial charge is 0.483 e. The number of ether oxygens (including phenoxy) is 1. The van der Waals surface area contributed by atoms with Crippen LogP contribution in [0.4, 0.5) is 0 Å². The maximum absolute atomic E-state index is 6.10. The maximum Gasteiger partial charge on any atom is 0.138 e. The van der Waals surface area contributed by atoms with Crippen LogP contribution in [0.3, 0.4) is 0 Å². The van der Waals surface area contributed by atoms with Crippen molar-refractivity contribution in [3.05, 3.63) is 23.8 Å². The molecule has 17 heavy (non-hydrogen) atoms. The zero-order chi connectivity index (χ0) is 11.9. The van der Waals surface area contributed by atoms with Gasteiger partial charge in [0.1, 0.15) is 22.4 Å². The minimum Gasteiger partial charge on any atom is -0.483 e. The van der Waals surface area contributed by atoms with Gasteiger partial charge in [0.2, 0.25) is 0 Å². The number of rotatable bonds is 2. The molecular formula is C13H14N2O2. The monoisotopic (exact) mass is 230 g/mol. The van der Waals surface area contributed by atoms with Crippen LogP contribution in [0.2, 0.25) is 0 Å². The number of hydrogen-bond acceptors (Lipinski definition) is 4. The molecule has 1 aromatic heterocycles. The normalized spacial score (nSPS) is 16.8. The zero-order valence-electron chi connectivity index (χ0n) is 9.93. The summed E-state index contributed by atoms with van der Waals surface area (Å²) in [6, 6.07) is 3.83. The summed E-state index contributed by atoms with van der Waals surface area (Å²) in [4.78, 5) is 0. The Bertz CT molecular complexity index is 582. The van der Waals surface area contributed by atoms with Crippen LogP contribution < -0.4 is 4.74 Å². The lowest BCUT2D eigenvalue weighted by molar-refractivity contribution is 0.109. The molecule has 0 amide bonds. The summed E-state index contributed by atoms with van der Waals surface area (Å²) < 4.78 is 10.8. The average Bonchev–Trinajstić information content (AvgIpc) is 2.82. The fourth-order valence-electron chi connectivity index (χ4n) is 2.17. The van der Waals surface area contributed by atoms with Crippen LogP contribution in [0, 0.1) is 0 Å². The molecule has 1 aromatic carbocycles. The van der Waals surface area contributed by atoms with Crippen LogP contribution in [0.1, 0.15) is 32.3 Å². The molecule has 1 aliphatic heterocycles. The van der Waals surface area contributed by atoms with E-state index in [0.29, 0.717) is 0 Å². The van der Waals surface area contributed by atoms with E-state index in [1.165, 1.54) is 0 Å². The van der Waals surface area contributed by atoms with Crippen LogP contribution in [0.5, 0.6) is 5.75 Å². The van der Waals surface area contributed by atoms with Gasteiger partial charge in [-0.1, -0.05) is 19.9 Å². The Morgan fingerprint density at radius 2 is 1.82 bits per heavy atom. The van der Waals surface area contributed by atoms with Crippen LogP contribution >= 0.6 is 0 Å². The average molecular weight is 230 g/mol. The Labute approximate surface area is 99.2 Å². The number of fused-ring (bicyclic) bond motifs is 2. The van der Waals surface area contributed by atoms with Crippen LogP contribution in [0.25, 0.3) is 17.1 Å². The third-order valence-corrected chi connectivity index (χ3v) is 3.46. The third kappa shape index (κ3) is 1.52. The van der Waals surface area contributed by atoms with Crippen LogP contribution in [0.15, 0.2) is 22.8 Å². The topological polar surface area (TPSA) is 48.2 Å². The molecule has 4 heteroatoms. The molecule has 0 saturated heterocycles. The van der Waals surface area contributed by atoms with Gasteiger partial charge in [0.15, 0.2) is 0 Å². The standard InChI is InChI=1S/C13H14N2O2/c1-3-13(4-2)6-5-9-7-10-11(15-17-14-10)8-12(9)16-13/h5-8H,3-4H2,1-2H3. The molecule has 0 aliphatic carbocycles. The first-order valence-electron chi connectivity index (χ1n) is 5.91. The van der Waals surface area contributed by atoms with E-state index in [2.05, 4.69) is 36.3 Å². The third-order valence-electron chi connectivity index (χ3n) is 3.46. The second-order valence-electron chi connectivity index (χ2n) is 4.35. The molecule has 0 fully saturated rings. The maximum atomic E-state index is 6.10. The minimum atomic E-state index is -0.183. The quantitative estimate of drug-likeness (QED) is 0.795. The van der Waals surface area contributed by atoms with Crippen molar-refractivity contribution < 1.29 is 9.37 Å². The van der Waals surface area contributed by atoms with Gasteiger partial charge in [-0.05, 0) is 35.3 Å². The lowest BCUT2D eigenvalue weighted by atomic mass is 9.93. The number of hydrogen-bond donors (Lipinski definition) is 0. The molecule has 3 rings (SSSR count). The van der Waals surface area contributed by atoms with Gasteiger partial charge in [0.05, 0.1) is 0 Å². The molecule has 0 spiro atoms. The van der Waals surface area contributed by atoms with Crippen LogP contribution in [-0.4, -0.2) is 15.9 Å². The second-order valence-corrected chi connectivity index (χ2v) is 4.35. The van der Waals surface area contributed by atoms with Crippen molar-refractivity contribution in [2.24, 2.45) is 0 Å². The first-order valence-corrected chi connectivity index (χ1v) is 5.91. The lowest BCUT2D eigenvalue weighted by Crippen LogP contribution is -2.33. The summed E-state index contributed by atoms with van der Waals surface area (Å²) in [5, 5.41) is 7.66. The second kappa shape index (κ2) is 3.58. The fourth-order valence-corrected chi connectivity index (χ4v) is 2.17. The SMILES string of the molecule is CCC1(CC)C=Cc2cc3nonc3cc2O1. The molecule has 0 atom stereocenters. The van der Waals surface area contributed by atoms with E-state index in [-0.39, 0.29) is 5.60 Å². The highest BCUT2D eigenvalue weighted by atomic mass is 16.6. The fraction of sp³-hybridized carbons (Fsp3) is 0.385. The van der Waals surface area contributed by atoms with E-state index in [9.17, 15) is 0 Å². The van der Waals surface area contributed by atoms with Gasteiger partial charge in [-0.3, -0.25) is 0 Å². The highest BCUT2D eigenvalue weighted by Crippen LogP contribution is 2.36. The highest BCUT2D eigenvalue weighted by Gasteiger charge is 2.29. The predicted molar refractivity (Wildman–Crippen MR) is 64.8 cm³/mol. The van der Waals surface area contributed by atoms with Gasteiger partial charge in [0.25, 0.3) is 0 Å². The molecule has 4 nitrogen and oxygen atoms in total. The van der Waals surface area contributed by atoms with Gasteiger partial charge >= 0.3 is 0 Å². The lowest BCUT2D eigenvalue weighted by Gasteiger charge is -2.33. The van der Waals surface area contributed by atoms with Crippen molar-refractivity contribution >= 4 is 17.1 Å². The predicted octanol–water partition coefficient (Wildman–Crippen LogP) is 3.19. The summed E-state index contributed by atoms with van der Waals surface area (Å²) in [5.74, 6) is 0.861. The summed E-state index contributed by atoms with van der Waals surface area (Å²) >= 11 is 0.